The average molecular weight is 332 g/mol. The van der Waals surface area contributed by atoms with Crippen molar-refractivity contribution < 1.29 is 9.53 Å². The Morgan fingerprint density at radius 2 is 1.83 bits per heavy atom. The van der Waals surface area contributed by atoms with Crippen molar-refractivity contribution in [3.63, 3.8) is 0 Å². The van der Waals surface area contributed by atoms with E-state index in [9.17, 15) is 4.79 Å². The Kier molecular flexibility index (Phi) is 6.95. The molecule has 3 nitrogen and oxygen atoms in total. The predicted molar refractivity (Wildman–Crippen MR) is 93.9 cm³/mol. The smallest absolute Gasteiger partial charge is 0.261 e. The molecule has 0 radical (unpaired) electrons. The summed E-state index contributed by atoms with van der Waals surface area (Å²) in [5, 5.41) is 3.45. The van der Waals surface area contributed by atoms with Gasteiger partial charge in [-0.15, -0.1) is 0 Å². The van der Waals surface area contributed by atoms with Crippen LogP contribution in [-0.2, 0) is 11.2 Å². The molecule has 1 amide bonds. The van der Waals surface area contributed by atoms with Crippen LogP contribution in [-0.4, -0.2) is 18.6 Å². The van der Waals surface area contributed by atoms with E-state index in [4.69, 9.17) is 16.3 Å². The zero-order valence-electron chi connectivity index (χ0n) is 13.3. The lowest BCUT2D eigenvalue weighted by molar-refractivity contribution is -0.128. The fourth-order valence-corrected chi connectivity index (χ4v) is 2.46. The minimum Gasteiger partial charge on any atom is -0.479 e. The Bertz CT molecular complexity index is 616. The fourth-order valence-electron chi connectivity index (χ4n) is 2.28. The summed E-state index contributed by atoms with van der Waals surface area (Å²) >= 11 is 6.07. The van der Waals surface area contributed by atoms with E-state index >= 15 is 0 Å². The standard InChI is InChI=1S/C19H22ClNO2/c1-2-17(23-18-13-7-6-12-16(18)20)19(22)21-14-8-11-15-9-4-3-5-10-15/h3-7,9-10,12-13,17H,2,8,11,14H2,1H3,(H,21,22)/t17-/m0/s1. The number of ether oxygens (including phenoxy) is 1. The van der Waals surface area contributed by atoms with E-state index in [1.54, 1.807) is 12.1 Å². The van der Waals surface area contributed by atoms with Crippen LogP contribution in [0.3, 0.4) is 0 Å². The van der Waals surface area contributed by atoms with Gasteiger partial charge in [-0.05, 0) is 37.0 Å². The van der Waals surface area contributed by atoms with Crippen LogP contribution in [0, 0.1) is 0 Å². The van der Waals surface area contributed by atoms with Gasteiger partial charge in [0.25, 0.3) is 5.91 Å². The number of aryl methyl sites for hydroxylation is 1. The van der Waals surface area contributed by atoms with Crippen molar-refractivity contribution in [3.8, 4) is 5.75 Å². The molecule has 0 unspecified atom stereocenters. The Morgan fingerprint density at radius 3 is 2.52 bits per heavy atom. The quantitative estimate of drug-likeness (QED) is 0.734. The van der Waals surface area contributed by atoms with Crippen molar-refractivity contribution in [2.75, 3.05) is 6.54 Å². The first-order valence-corrected chi connectivity index (χ1v) is 8.31. The molecule has 2 aromatic rings. The maximum Gasteiger partial charge on any atom is 0.261 e. The topological polar surface area (TPSA) is 38.3 Å². The summed E-state index contributed by atoms with van der Waals surface area (Å²) in [6, 6.07) is 17.4. The minimum absolute atomic E-state index is 0.0968. The highest BCUT2D eigenvalue weighted by Crippen LogP contribution is 2.24. The molecule has 1 N–H and O–H groups in total. The molecule has 0 bridgehead atoms. The summed E-state index contributed by atoms with van der Waals surface area (Å²) in [5.74, 6) is 0.445. The molecular weight excluding hydrogens is 310 g/mol. The summed E-state index contributed by atoms with van der Waals surface area (Å²) in [6.45, 7) is 2.56. The number of amides is 1. The molecule has 0 aliphatic heterocycles. The number of para-hydroxylation sites is 1. The highest BCUT2D eigenvalue weighted by atomic mass is 35.5. The van der Waals surface area contributed by atoms with Gasteiger partial charge in [-0.1, -0.05) is 61.0 Å². The number of hydrogen-bond donors (Lipinski definition) is 1. The van der Waals surface area contributed by atoms with Crippen LogP contribution < -0.4 is 10.1 Å². The molecular formula is C19H22ClNO2. The molecule has 0 aromatic heterocycles. The monoisotopic (exact) mass is 331 g/mol. The first-order valence-electron chi connectivity index (χ1n) is 7.93. The van der Waals surface area contributed by atoms with E-state index < -0.39 is 6.10 Å². The van der Waals surface area contributed by atoms with Gasteiger partial charge in [0.2, 0.25) is 0 Å². The Hall–Kier alpha value is -2.00. The molecule has 1 atom stereocenters. The fraction of sp³-hybridized carbons (Fsp3) is 0.316. The van der Waals surface area contributed by atoms with Gasteiger partial charge in [-0.25, -0.2) is 0 Å². The highest BCUT2D eigenvalue weighted by Gasteiger charge is 2.18. The van der Waals surface area contributed by atoms with Crippen molar-refractivity contribution in [3.05, 3.63) is 65.2 Å². The third kappa shape index (κ3) is 5.61. The van der Waals surface area contributed by atoms with Crippen LogP contribution in [0.4, 0.5) is 0 Å². The van der Waals surface area contributed by atoms with Gasteiger partial charge in [-0.3, -0.25) is 4.79 Å². The lowest BCUT2D eigenvalue weighted by Gasteiger charge is -2.18. The third-order valence-electron chi connectivity index (χ3n) is 3.55. The molecule has 0 aliphatic rings. The van der Waals surface area contributed by atoms with Gasteiger partial charge >= 0.3 is 0 Å². The summed E-state index contributed by atoms with van der Waals surface area (Å²) in [7, 11) is 0. The Labute approximate surface area is 142 Å². The zero-order valence-corrected chi connectivity index (χ0v) is 14.1. The second kappa shape index (κ2) is 9.21. The summed E-state index contributed by atoms with van der Waals surface area (Å²) in [4.78, 5) is 12.2. The first kappa shape index (κ1) is 17.4. The number of carbonyl (C=O) groups excluding carboxylic acids is 1. The molecule has 4 heteroatoms. The number of carbonyl (C=O) groups is 1. The number of benzene rings is 2. The molecule has 2 aromatic carbocycles. The predicted octanol–water partition coefficient (Wildman–Crippen LogP) is 4.25. The largest absolute Gasteiger partial charge is 0.479 e. The molecule has 23 heavy (non-hydrogen) atoms. The maximum absolute atomic E-state index is 12.2. The second-order valence-electron chi connectivity index (χ2n) is 5.33. The van der Waals surface area contributed by atoms with Crippen LogP contribution in [0.15, 0.2) is 54.6 Å². The van der Waals surface area contributed by atoms with Crippen LogP contribution in [0.25, 0.3) is 0 Å². The van der Waals surface area contributed by atoms with Crippen LogP contribution in [0.2, 0.25) is 5.02 Å². The van der Waals surface area contributed by atoms with E-state index in [0.29, 0.717) is 23.7 Å². The van der Waals surface area contributed by atoms with Crippen LogP contribution in [0.5, 0.6) is 5.75 Å². The van der Waals surface area contributed by atoms with Crippen molar-refractivity contribution >= 4 is 17.5 Å². The van der Waals surface area contributed by atoms with Crippen molar-refractivity contribution in [1.82, 2.24) is 5.32 Å². The molecule has 0 saturated carbocycles. The SMILES string of the molecule is CC[C@H](Oc1ccccc1Cl)C(=O)NCCCc1ccccc1. The van der Waals surface area contributed by atoms with Gasteiger partial charge in [0.15, 0.2) is 6.10 Å². The lowest BCUT2D eigenvalue weighted by Crippen LogP contribution is -2.38. The average Bonchev–Trinajstić information content (AvgIpc) is 2.59. The van der Waals surface area contributed by atoms with Crippen LogP contribution >= 0.6 is 11.6 Å². The first-order chi connectivity index (χ1) is 11.2. The normalized spacial score (nSPS) is 11.7. The summed E-state index contributed by atoms with van der Waals surface area (Å²) < 4.78 is 5.73. The molecule has 0 aliphatic carbocycles. The van der Waals surface area contributed by atoms with Crippen molar-refractivity contribution in [2.45, 2.75) is 32.3 Å². The number of rotatable bonds is 8. The van der Waals surface area contributed by atoms with E-state index in [0.717, 1.165) is 12.8 Å². The number of hydrogen-bond acceptors (Lipinski definition) is 2. The summed E-state index contributed by atoms with van der Waals surface area (Å²) in [5.41, 5.74) is 1.28. The molecule has 0 heterocycles. The number of nitrogens with one attached hydrogen (secondary N) is 1. The number of halogens is 1. The van der Waals surface area contributed by atoms with Crippen LogP contribution in [0.1, 0.15) is 25.3 Å². The molecule has 0 fully saturated rings. The van der Waals surface area contributed by atoms with Gasteiger partial charge in [0, 0.05) is 6.54 Å². The second-order valence-corrected chi connectivity index (χ2v) is 5.73. The highest BCUT2D eigenvalue weighted by molar-refractivity contribution is 6.32. The Morgan fingerprint density at radius 1 is 1.13 bits per heavy atom. The van der Waals surface area contributed by atoms with Gasteiger partial charge < -0.3 is 10.1 Å². The van der Waals surface area contributed by atoms with Gasteiger partial charge in [0.1, 0.15) is 5.75 Å². The van der Waals surface area contributed by atoms with E-state index in [1.807, 2.05) is 37.3 Å². The van der Waals surface area contributed by atoms with Crippen molar-refractivity contribution in [2.24, 2.45) is 0 Å². The molecule has 0 spiro atoms. The zero-order chi connectivity index (χ0) is 16.5. The van der Waals surface area contributed by atoms with E-state index in [2.05, 4.69) is 17.4 Å². The van der Waals surface area contributed by atoms with Gasteiger partial charge in [-0.2, -0.15) is 0 Å². The molecule has 122 valence electrons. The maximum atomic E-state index is 12.2. The summed E-state index contributed by atoms with van der Waals surface area (Å²) in [6.07, 6.45) is 1.92. The van der Waals surface area contributed by atoms with Crippen molar-refractivity contribution in [1.29, 1.82) is 0 Å². The third-order valence-corrected chi connectivity index (χ3v) is 3.87. The minimum atomic E-state index is -0.522. The molecule has 2 rings (SSSR count). The van der Waals surface area contributed by atoms with E-state index in [1.165, 1.54) is 5.56 Å². The van der Waals surface area contributed by atoms with Gasteiger partial charge in [0.05, 0.1) is 5.02 Å². The lowest BCUT2D eigenvalue weighted by atomic mass is 10.1. The van der Waals surface area contributed by atoms with E-state index in [-0.39, 0.29) is 5.91 Å². The Balaban J connectivity index is 1.77. The molecule has 0 saturated heterocycles.